The molecule has 1 aromatic heterocycles. The van der Waals surface area contributed by atoms with Gasteiger partial charge in [-0.05, 0) is 62.3 Å². The van der Waals surface area contributed by atoms with Crippen LogP contribution in [0.1, 0.15) is 49.7 Å². The molecule has 2 aliphatic rings. The molecule has 0 bridgehead atoms. The van der Waals surface area contributed by atoms with E-state index in [-0.39, 0.29) is 17.5 Å². The molecule has 1 aliphatic carbocycles. The molecular weight excluding hydrogens is 408 g/mol. The van der Waals surface area contributed by atoms with Crippen LogP contribution in [0.15, 0.2) is 18.2 Å². The molecule has 2 aromatic rings. The van der Waals surface area contributed by atoms with Crippen LogP contribution in [0.3, 0.4) is 0 Å². The molecule has 1 amide bonds. The molecule has 32 heavy (non-hydrogen) atoms. The average Bonchev–Trinajstić information content (AvgIpc) is 3.63. The van der Waals surface area contributed by atoms with Gasteiger partial charge in [-0.1, -0.05) is 13.0 Å². The maximum Gasteiger partial charge on any atom is 0.412 e. The van der Waals surface area contributed by atoms with Crippen LogP contribution in [0.4, 0.5) is 10.6 Å². The fraction of sp³-hybridized carbons (Fsp3) is 0.500. The molecule has 2 heterocycles. The van der Waals surface area contributed by atoms with Crippen LogP contribution < -0.4 is 25.8 Å². The number of nitrogens with two attached hydrogens (primary N) is 1. The summed E-state index contributed by atoms with van der Waals surface area (Å²) in [6, 6.07) is 5.25. The third kappa shape index (κ3) is 4.60. The summed E-state index contributed by atoms with van der Waals surface area (Å²) in [5.41, 5.74) is 9.27. The molecule has 1 atom stereocenters. The second kappa shape index (κ2) is 9.65. The number of aromatic nitrogens is 1. The maximum atomic E-state index is 12.1. The lowest BCUT2D eigenvalue weighted by Gasteiger charge is -2.29. The number of aromatic hydroxyl groups is 1. The van der Waals surface area contributed by atoms with Crippen molar-refractivity contribution in [2.24, 2.45) is 5.92 Å². The van der Waals surface area contributed by atoms with E-state index in [4.69, 9.17) is 15.2 Å². The molecule has 1 aromatic carbocycles. The summed E-state index contributed by atoms with van der Waals surface area (Å²) < 4.78 is 11.7. The Kier molecular flexibility index (Phi) is 6.69. The van der Waals surface area contributed by atoms with Gasteiger partial charge in [0.05, 0.1) is 17.9 Å². The summed E-state index contributed by atoms with van der Waals surface area (Å²) >= 11 is 0. The number of anilines is 1. The van der Waals surface area contributed by atoms with Crippen molar-refractivity contribution in [2.75, 3.05) is 32.5 Å². The number of nitrogens with zero attached hydrogens (tertiary/aromatic N) is 1. The normalized spacial score (nSPS) is 18.2. The van der Waals surface area contributed by atoms with E-state index in [1.54, 1.807) is 12.1 Å². The number of benzene rings is 1. The Labute approximate surface area is 188 Å². The van der Waals surface area contributed by atoms with Crippen molar-refractivity contribution in [3.8, 4) is 28.5 Å². The van der Waals surface area contributed by atoms with Crippen molar-refractivity contribution in [3.63, 3.8) is 0 Å². The molecule has 5 N–H and O–H groups in total. The van der Waals surface area contributed by atoms with Crippen LogP contribution in [0, 0.1) is 5.92 Å². The van der Waals surface area contributed by atoms with Crippen LogP contribution in [0.25, 0.3) is 11.3 Å². The topological polar surface area (TPSA) is 119 Å². The fourth-order valence-corrected chi connectivity index (χ4v) is 4.36. The highest BCUT2D eigenvalue weighted by Crippen LogP contribution is 2.46. The number of phenols is 1. The number of phenolic OH excluding ortho intramolecular Hbond substituents is 1. The molecule has 1 saturated heterocycles. The number of piperidine rings is 1. The molecule has 0 spiro atoms. The number of nitrogen functional groups attached to an aromatic ring is 1. The lowest BCUT2D eigenvalue weighted by Crippen LogP contribution is -2.30. The summed E-state index contributed by atoms with van der Waals surface area (Å²) in [6.45, 7) is 4.36. The first kappa shape index (κ1) is 22.2. The molecular formula is C24H32N4O4. The first-order valence-electron chi connectivity index (χ1n) is 11.4. The summed E-state index contributed by atoms with van der Waals surface area (Å²) in [5.74, 6) is 1.79. The molecule has 1 aliphatic heterocycles. The van der Waals surface area contributed by atoms with Crippen LogP contribution >= 0.6 is 0 Å². The Morgan fingerprint density at radius 2 is 2.16 bits per heavy atom. The Hall–Kier alpha value is -3.00. The zero-order chi connectivity index (χ0) is 22.7. The van der Waals surface area contributed by atoms with Crippen molar-refractivity contribution < 1.29 is 19.4 Å². The van der Waals surface area contributed by atoms with Gasteiger partial charge < -0.3 is 30.9 Å². The number of amides is 1. The highest BCUT2D eigenvalue weighted by Gasteiger charge is 2.30. The van der Waals surface area contributed by atoms with Crippen LogP contribution in [-0.4, -0.2) is 42.9 Å². The predicted molar refractivity (Wildman–Crippen MR) is 123 cm³/mol. The van der Waals surface area contributed by atoms with E-state index in [1.165, 1.54) is 19.9 Å². The van der Waals surface area contributed by atoms with E-state index in [2.05, 4.69) is 15.6 Å². The first-order valence-corrected chi connectivity index (χ1v) is 11.4. The lowest BCUT2D eigenvalue weighted by atomic mass is 9.85. The van der Waals surface area contributed by atoms with Gasteiger partial charge >= 0.3 is 6.09 Å². The average molecular weight is 441 g/mol. The summed E-state index contributed by atoms with van der Waals surface area (Å²) in [4.78, 5) is 16.7. The van der Waals surface area contributed by atoms with Crippen LogP contribution in [0.5, 0.6) is 17.2 Å². The van der Waals surface area contributed by atoms with Crippen molar-refractivity contribution in [3.05, 3.63) is 29.3 Å². The summed E-state index contributed by atoms with van der Waals surface area (Å²) in [7, 11) is 1.51. The highest BCUT2D eigenvalue weighted by molar-refractivity contribution is 5.81. The van der Waals surface area contributed by atoms with Gasteiger partial charge in [0.1, 0.15) is 11.5 Å². The molecule has 1 saturated carbocycles. The number of rotatable bonds is 7. The van der Waals surface area contributed by atoms with Gasteiger partial charge in [0.2, 0.25) is 0 Å². The van der Waals surface area contributed by atoms with E-state index in [0.717, 1.165) is 37.1 Å². The maximum absolute atomic E-state index is 12.1. The second-order valence-corrected chi connectivity index (χ2v) is 8.51. The van der Waals surface area contributed by atoms with E-state index >= 15 is 0 Å². The Bertz CT molecular complexity index is 984. The van der Waals surface area contributed by atoms with Gasteiger partial charge in [0, 0.05) is 25.1 Å². The largest absolute Gasteiger partial charge is 0.507 e. The minimum absolute atomic E-state index is 0.0904. The number of carbonyl (C=O) groups is 1. The molecule has 8 heteroatoms. The minimum Gasteiger partial charge on any atom is -0.507 e. The van der Waals surface area contributed by atoms with Crippen molar-refractivity contribution in [1.29, 1.82) is 0 Å². The molecule has 1 unspecified atom stereocenters. The van der Waals surface area contributed by atoms with Gasteiger partial charge in [-0.25, -0.2) is 9.78 Å². The SMILES string of the molecule is CCc1c(-c2c(O)cccc2OCC2CC2)nc(N)c(OC(=O)NC)c1C1CCCNC1. The van der Waals surface area contributed by atoms with Crippen molar-refractivity contribution in [2.45, 2.75) is 44.9 Å². The van der Waals surface area contributed by atoms with Gasteiger partial charge in [0.25, 0.3) is 0 Å². The van der Waals surface area contributed by atoms with E-state index in [0.29, 0.717) is 41.7 Å². The Morgan fingerprint density at radius 1 is 1.34 bits per heavy atom. The molecule has 0 radical (unpaired) electrons. The van der Waals surface area contributed by atoms with Gasteiger partial charge in [0.15, 0.2) is 11.6 Å². The summed E-state index contributed by atoms with van der Waals surface area (Å²) in [6.07, 6.45) is 4.34. The highest BCUT2D eigenvalue weighted by atomic mass is 16.6. The predicted octanol–water partition coefficient (Wildman–Crippen LogP) is 3.57. The number of hydrogen-bond donors (Lipinski definition) is 4. The zero-order valence-electron chi connectivity index (χ0n) is 18.7. The molecule has 172 valence electrons. The Balaban J connectivity index is 1.88. The van der Waals surface area contributed by atoms with Gasteiger partial charge in [-0.15, -0.1) is 0 Å². The number of pyridine rings is 1. The van der Waals surface area contributed by atoms with Gasteiger partial charge in [-0.2, -0.15) is 0 Å². The third-order valence-corrected chi connectivity index (χ3v) is 6.19. The Morgan fingerprint density at radius 3 is 2.81 bits per heavy atom. The quantitative estimate of drug-likeness (QED) is 0.520. The number of ether oxygens (including phenoxy) is 2. The molecule has 2 fully saturated rings. The standard InChI is InChI=1S/C24H32N4O4/c1-3-16-19(15-6-5-11-27-12-15)22(32-24(30)26-2)23(25)28-21(16)20-17(29)7-4-8-18(20)31-13-14-9-10-14/h4,7-8,14-15,27,29H,3,5-6,9-13H2,1-2H3,(H2,25,28)(H,26,30). The van der Waals surface area contributed by atoms with E-state index < -0.39 is 6.09 Å². The monoisotopic (exact) mass is 440 g/mol. The minimum atomic E-state index is -0.589. The van der Waals surface area contributed by atoms with Gasteiger partial charge in [-0.3, -0.25) is 0 Å². The van der Waals surface area contributed by atoms with Crippen LogP contribution in [0.2, 0.25) is 0 Å². The molecule has 4 rings (SSSR count). The summed E-state index contributed by atoms with van der Waals surface area (Å²) in [5, 5.41) is 16.7. The van der Waals surface area contributed by atoms with E-state index in [1.807, 2.05) is 13.0 Å². The second-order valence-electron chi connectivity index (χ2n) is 8.51. The smallest absolute Gasteiger partial charge is 0.412 e. The number of nitrogens with one attached hydrogen (secondary N) is 2. The number of carbonyl (C=O) groups excluding carboxylic acids is 1. The lowest BCUT2D eigenvalue weighted by molar-refractivity contribution is 0.202. The van der Waals surface area contributed by atoms with Crippen molar-refractivity contribution in [1.82, 2.24) is 15.6 Å². The number of hydrogen-bond acceptors (Lipinski definition) is 7. The third-order valence-electron chi connectivity index (χ3n) is 6.19. The van der Waals surface area contributed by atoms with Crippen LogP contribution in [-0.2, 0) is 6.42 Å². The first-order chi connectivity index (χ1) is 15.5. The zero-order valence-corrected chi connectivity index (χ0v) is 18.7. The fourth-order valence-electron chi connectivity index (χ4n) is 4.36. The van der Waals surface area contributed by atoms with Crippen molar-refractivity contribution >= 4 is 11.9 Å². The molecule has 8 nitrogen and oxygen atoms in total. The van der Waals surface area contributed by atoms with E-state index in [9.17, 15) is 9.90 Å².